The highest BCUT2D eigenvalue weighted by atomic mass is 32.2. The number of nitrogens with one attached hydrogen (secondary N) is 1. The lowest BCUT2D eigenvalue weighted by molar-refractivity contribution is -0.135. The number of hydrogen-bond donors (Lipinski definition) is 2. The molecule has 0 aliphatic carbocycles. The van der Waals surface area contributed by atoms with E-state index in [1.54, 1.807) is 19.3 Å². The van der Waals surface area contributed by atoms with Gasteiger partial charge in [-0.3, -0.25) is 14.8 Å². The lowest BCUT2D eigenvalue weighted by atomic mass is 10.0. The van der Waals surface area contributed by atoms with E-state index in [1.165, 1.54) is 43.0 Å². The summed E-state index contributed by atoms with van der Waals surface area (Å²) in [6, 6.07) is 4.60. The molecule has 9 nitrogen and oxygen atoms in total. The van der Waals surface area contributed by atoms with E-state index in [-0.39, 0.29) is 18.0 Å². The van der Waals surface area contributed by atoms with Gasteiger partial charge in [-0.05, 0) is 44.0 Å². The van der Waals surface area contributed by atoms with Crippen LogP contribution in [0.15, 0.2) is 29.2 Å². The van der Waals surface area contributed by atoms with Crippen molar-refractivity contribution in [3.05, 3.63) is 24.3 Å². The van der Waals surface area contributed by atoms with E-state index >= 15 is 0 Å². The second-order valence-corrected chi connectivity index (χ2v) is 10.2. The van der Waals surface area contributed by atoms with Gasteiger partial charge in [0.25, 0.3) is 5.91 Å². The van der Waals surface area contributed by atoms with Crippen LogP contribution in [0.2, 0.25) is 0 Å². The van der Waals surface area contributed by atoms with Gasteiger partial charge in [-0.1, -0.05) is 0 Å². The van der Waals surface area contributed by atoms with E-state index in [4.69, 9.17) is 9.94 Å². The molecule has 1 amide bonds. The largest absolute Gasteiger partial charge is 0.481 e. The fourth-order valence-corrected chi connectivity index (χ4v) is 5.93. The number of nitrogens with zero attached hydrogens (tertiary/aromatic N) is 1. The molecule has 1 saturated heterocycles. The second kappa shape index (κ2) is 9.49. The first-order valence-electron chi connectivity index (χ1n) is 8.57. The third-order valence-electron chi connectivity index (χ3n) is 4.10. The molecule has 1 fully saturated rings. The van der Waals surface area contributed by atoms with Gasteiger partial charge in [0.1, 0.15) is 17.9 Å². The molecule has 11 heteroatoms. The first-order chi connectivity index (χ1) is 13.6. The van der Waals surface area contributed by atoms with Gasteiger partial charge in [0, 0.05) is 24.0 Å². The number of ether oxygens (including phenoxy) is 2. The summed E-state index contributed by atoms with van der Waals surface area (Å²) in [5.74, 6) is 2.07. The highest BCUT2D eigenvalue weighted by Crippen LogP contribution is 2.38. The van der Waals surface area contributed by atoms with Crippen LogP contribution in [0.4, 0.5) is 0 Å². The fraction of sp³-hybridized carbons (Fsp3) is 0.444. The van der Waals surface area contributed by atoms with Crippen molar-refractivity contribution in [2.45, 2.75) is 36.5 Å². The first-order valence-corrected chi connectivity index (χ1v) is 11.0. The Bertz CT molecular complexity index is 918. The van der Waals surface area contributed by atoms with Crippen molar-refractivity contribution < 1.29 is 32.7 Å². The number of hydroxylamine groups is 1. The Morgan fingerprint density at radius 2 is 2.00 bits per heavy atom. The maximum Gasteiger partial charge on any atom is 0.316 e. The van der Waals surface area contributed by atoms with Crippen LogP contribution in [0.5, 0.6) is 5.75 Å². The normalized spacial score (nSPS) is 18.8. The maximum absolute atomic E-state index is 13.1. The molecule has 0 spiro atoms. The van der Waals surface area contributed by atoms with Crippen molar-refractivity contribution >= 4 is 33.7 Å². The number of carbonyl (C=O) groups excluding carboxylic acids is 2. The highest BCUT2D eigenvalue weighted by Gasteiger charge is 2.48. The molecule has 2 rings (SSSR count). The molecule has 0 saturated carbocycles. The van der Waals surface area contributed by atoms with Crippen molar-refractivity contribution in [2.75, 3.05) is 18.9 Å². The second-order valence-electron chi connectivity index (χ2n) is 6.58. The molecule has 0 bridgehead atoms. The predicted molar refractivity (Wildman–Crippen MR) is 106 cm³/mol. The lowest BCUT2D eigenvalue weighted by Crippen LogP contribution is -2.61. The zero-order chi connectivity index (χ0) is 21.7. The van der Waals surface area contributed by atoms with Crippen molar-refractivity contribution in [3.8, 4) is 17.8 Å². The minimum Gasteiger partial charge on any atom is -0.481 e. The summed E-state index contributed by atoms with van der Waals surface area (Å²) < 4.78 is 36.4. The summed E-state index contributed by atoms with van der Waals surface area (Å²) in [5.41, 5.74) is 1.57. The summed E-state index contributed by atoms with van der Waals surface area (Å²) in [5, 5.41) is 9.08. The molecular weight excluding hydrogens is 420 g/mol. The van der Waals surface area contributed by atoms with Gasteiger partial charge < -0.3 is 9.47 Å². The number of esters is 1. The van der Waals surface area contributed by atoms with E-state index in [9.17, 15) is 18.0 Å². The number of hydrogen-bond acceptors (Lipinski definition) is 8. The van der Waals surface area contributed by atoms with Crippen LogP contribution in [-0.4, -0.2) is 59.5 Å². The monoisotopic (exact) mass is 442 g/mol. The predicted octanol–water partition coefficient (Wildman–Crippen LogP) is 0.980. The SMILES string of the molecule is CC(=O)OC#CCOc1ccc(S(=O)(=O)N2CCSC(C)(C)[C@@H]2C(=O)NO)cc1. The smallest absolute Gasteiger partial charge is 0.316 e. The standard InChI is InChI=1S/C18H22N2O7S2/c1-13(21)26-10-4-11-27-14-5-7-15(8-6-14)29(24,25)20-9-12-28-18(2,3)16(20)17(22)19-23/h5-8,16,23H,9,11-12H2,1-3H3,(H,19,22)/t16-/m0/s1. The van der Waals surface area contributed by atoms with Crippen molar-refractivity contribution in [1.82, 2.24) is 9.79 Å². The Hall–Kier alpha value is -2.26. The topological polar surface area (TPSA) is 122 Å². The summed E-state index contributed by atoms with van der Waals surface area (Å²) in [4.78, 5) is 22.8. The summed E-state index contributed by atoms with van der Waals surface area (Å²) in [6.45, 7) is 4.83. The first kappa shape index (κ1) is 23.0. The number of amides is 1. The Kier molecular flexibility index (Phi) is 7.54. The Morgan fingerprint density at radius 1 is 1.34 bits per heavy atom. The summed E-state index contributed by atoms with van der Waals surface area (Å²) in [6.07, 6.45) is 2.17. The van der Waals surface area contributed by atoms with Gasteiger partial charge in [0.2, 0.25) is 10.0 Å². The minimum absolute atomic E-state index is 0.00529. The van der Waals surface area contributed by atoms with Gasteiger partial charge >= 0.3 is 5.97 Å². The molecule has 1 atom stereocenters. The number of benzene rings is 1. The van der Waals surface area contributed by atoms with Crippen molar-refractivity contribution in [2.24, 2.45) is 0 Å². The molecule has 158 valence electrons. The fourth-order valence-electron chi connectivity index (χ4n) is 2.82. The molecular formula is C18H22N2O7S2. The summed E-state index contributed by atoms with van der Waals surface area (Å²) >= 11 is 1.46. The Balaban J connectivity index is 2.18. The molecule has 29 heavy (non-hydrogen) atoms. The van der Waals surface area contributed by atoms with Crippen LogP contribution in [0.3, 0.4) is 0 Å². The van der Waals surface area contributed by atoms with Crippen LogP contribution in [0.1, 0.15) is 20.8 Å². The molecule has 1 aromatic rings. The van der Waals surface area contributed by atoms with Gasteiger partial charge in [-0.25, -0.2) is 13.9 Å². The number of rotatable bonds is 5. The molecule has 1 aliphatic heterocycles. The number of sulfonamides is 1. The van der Waals surface area contributed by atoms with Gasteiger partial charge in [0.15, 0.2) is 6.61 Å². The van der Waals surface area contributed by atoms with Crippen LogP contribution in [0.25, 0.3) is 0 Å². The zero-order valence-corrected chi connectivity index (χ0v) is 17.8. The Morgan fingerprint density at radius 3 is 2.59 bits per heavy atom. The van der Waals surface area contributed by atoms with E-state index in [2.05, 4.69) is 16.8 Å². The lowest BCUT2D eigenvalue weighted by Gasteiger charge is -2.43. The minimum atomic E-state index is -3.99. The van der Waals surface area contributed by atoms with Crippen molar-refractivity contribution in [1.29, 1.82) is 0 Å². The van der Waals surface area contributed by atoms with Gasteiger partial charge in [-0.2, -0.15) is 16.1 Å². The number of thioether (sulfide) groups is 1. The molecule has 0 unspecified atom stereocenters. The molecule has 1 aromatic carbocycles. The quantitative estimate of drug-likeness (QED) is 0.300. The van der Waals surface area contributed by atoms with E-state index < -0.39 is 32.7 Å². The van der Waals surface area contributed by atoms with Crippen LogP contribution < -0.4 is 10.2 Å². The third-order valence-corrected chi connectivity index (χ3v) is 7.33. The van der Waals surface area contributed by atoms with Gasteiger partial charge in [-0.15, -0.1) is 0 Å². The van der Waals surface area contributed by atoms with E-state index in [0.717, 1.165) is 4.31 Å². The maximum atomic E-state index is 13.1. The zero-order valence-electron chi connectivity index (χ0n) is 16.2. The van der Waals surface area contributed by atoms with E-state index in [0.29, 0.717) is 11.5 Å². The molecule has 2 N–H and O–H groups in total. The average molecular weight is 443 g/mol. The van der Waals surface area contributed by atoms with Gasteiger partial charge in [0.05, 0.1) is 4.90 Å². The highest BCUT2D eigenvalue weighted by molar-refractivity contribution is 8.00. The summed E-state index contributed by atoms with van der Waals surface area (Å²) in [7, 11) is -3.99. The third kappa shape index (κ3) is 5.63. The van der Waals surface area contributed by atoms with Crippen LogP contribution in [-0.2, 0) is 24.3 Å². The average Bonchev–Trinajstić information content (AvgIpc) is 2.66. The van der Waals surface area contributed by atoms with Crippen LogP contribution in [0, 0.1) is 12.0 Å². The van der Waals surface area contributed by atoms with Crippen LogP contribution >= 0.6 is 11.8 Å². The van der Waals surface area contributed by atoms with Crippen molar-refractivity contribution in [3.63, 3.8) is 0 Å². The molecule has 1 heterocycles. The molecule has 0 radical (unpaired) electrons. The number of carbonyl (C=O) groups is 2. The Labute approximate surface area is 173 Å². The molecule has 1 aliphatic rings. The van der Waals surface area contributed by atoms with E-state index in [1.807, 2.05) is 0 Å². The molecule has 0 aromatic heterocycles.